The third kappa shape index (κ3) is 5.84. The van der Waals surface area contributed by atoms with E-state index in [1.165, 1.54) is 10.6 Å². The van der Waals surface area contributed by atoms with Crippen LogP contribution in [0.15, 0.2) is 16.9 Å². The first-order valence-electron chi connectivity index (χ1n) is 14.1. The number of benzene rings is 1. The summed E-state index contributed by atoms with van der Waals surface area (Å²) >= 11 is 0. The van der Waals surface area contributed by atoms with Gasteiger partial charge in [0.05, 0.1) is 41.6 Å². The van der Waals surface area contributed by atoms with Gasteiger partial charge in [0, 0.05) is 23.4 Å². The predicted molar refractivity (Wildman–Crippen MR) is 154 cm³/mol. The first kappa shape index (κ1) is 30.6. The zero-order valence-corrected chi connectivity index (χ0v) is 24.5. The smallest absolute Gasteiger partial charge is 0.450 e. The highest BCUT2D eigenvalue weighted by molar-refractivity contribution is 5.93. The molecule has 2 aromatic heterocycles. The van der Waals surface area contributed by atoms with Crippen molar-refractivity contribution in [1.82, 2.24) is 25.5 Å². The van der Waals surface area contributed by atoms with Gasteiger partial charge in [-0.05, 0) is 55.0 Å². The number of amides is 3. The van der Waals surface area contributed by atoms with Crippen molar-refractivity contribution in [3.05, 3.63) is 61.7 Å². The topological polar surface area (TPSA) is 178 Å². The van der Waals surface area contributed by atoms with Crippen LogP contribution in [0.2, 0.25) is 0 Å². The van der Waals surface area contributed by atoms with Gasteiger partial charge in [0.1, 0.15) is 25.8 Å². The Balaban J connectivity index is 1.42. The summed E-state index contributed by atoms with van der Waals surface area (Å²) < 4.78 is 26.5. The van der Waals surface area contributed by atoms with Crippen molar-refractivity contribution in [1.29, 1.82) is 0 Å². The number of nitrogens with zero attached hydrogens (tertiary/aromatic N) is 2. The van der Waals surface area contributed by atoms with Gasteiger partial charge in [-0.2, -0.15) is 0 Å². The van der Waals surface area contributed by atoms with Gasteiger partial charge < -0.3 is 35.1 Å². The van der Waals surface area contributed by atoms with E-state index < -0.39 is 42.0 Å². The molecule has 14 heteroatoms. The van der Waals surface area contributed by atoms with E-state index >= 15 is 0 Å². The maximum absolute atomic E-state index is 15.0. The molecule has 0 fully saturated rings. The minimum atomic E-state index is -1.50. The summed E-state index contributed by atoms with van der Waals surface area (Å²) in [5.41, 5.74) is 4.46. The molecule has 1 atom stereocenters. The van der Waals surface area contributed by atoms with Gasteiger partial charge in [-0.25, -0.2) is 14.2 Å². The lowest BCUT2D eigenvalue weighted by Crippen LogP contribution is -2.39. The molecule has 0 bridgehead atoms. The summed E-state index contributed by atoms with van der Waals surface area (Å²) in [6.07, 6.45) is -0.292. The third-order valence-corrected chi connectivity index (χ3v) is 8.01. The molecule has 5 rings (SSSR count). The Hall–Kier alpha value is -4.85. The fourth-order valence-corrected chi connectivity index (χ4v) is 5.80. The molecule has 0 spiro atoms. The molecular weight excluding hydrogens is 577 g/mol. The van der Waals surface area contributed by atoms with Crippen molar-refractivity contribution >= 4 is 34.8 Å². The van der Waals surface area contributed by atoms with Crippen LogP contribution in [-0.4, -0.2) is 58.4 Å². The molecule has 13 nitrogen and oxygen atoms in total. The van der Waals surface area contributed by atoms with Crippen molar-refractivity contribution in [3.8, 4) is 11.4 Å². The molecule has 3 aromatic rings. The Morgan fingerprint density at radius 3 is 2.61 bits per heavy atom. The Bertz CT molecular complexity index is 1770. The summed E-state index contributed by atoms with van der Waals surface area (Å²) in [4.78, 5) is 65.3. The van der Waals surface area contributed by atoms with E-state index in [-0.39, 0.29) is 44.3 Å². The minimum Gasteiger partial charge on any atom is -0.450 e. The Morgan fingerprint density at radius 2 is 1.89 bits per heavy atom. The molecule has 0 saturated heterocycles. The van der Waals surface area contributed by atoms with Crippen LogP contribution < -0.4 is 21.5 Å². The predicted octanol–water partition coefficient (Wildman–Crippen LogP) is 2.10. The normalized spacial score (nSPS) is 14.5. The molecule has 1 aliphatic heterocycles. The van der Waals surface area contributed by atoms with E-state index in [1.807, 2.05) is 0 Å². The second-order valence-corrected chi connectivity index (χ2v) is 10.7. The summed E-state index contributed by atoms with van der Waals surface area (Å²) in [5, 5.41) is 17.6. The number of rotatable bonds is 10. The summed E-state index contributed by atoms with van der Waals surface area (Å²) in [6, 6.07) is 2.60. The molecule has 0 unspecified atom stereocenters. The van der Waals surface area contributed by atoms with Crippen LogP contribution in [0.25, 0.3) is 22.3 Å². The number of nitrogens with one attached hydrogen (secondary N) is 3. The summed E-state index contributed by atoms with van der Waals surface area (Å²) in [7, 11) is 0. The first-order chi connectivity index (χ1) is 21.0. The van der Waals surface area contributed by atoms with Gasteiger partial charge in [-0.15, -0.1) is 0 Å². The lowest BCUT2D eigenvalue weighted by atomic mass is 9.81. The average Bonchev–Trinajstić information content (AvgIpc) is 3.35. The first-order valence-corrected chi connectivity index (χ1v) is 14.1. The molecule has 4 N–H and O–H groups in total. The van der Waals surface area contributed by atoms with Crippen LogP contribution in [0.1, 0.15) is 59.2 Å². The number of pyridine rings is 2. The molecule has 3 heterocycles. The largest absolute Gasteiger partial charge is 0.506 e. The summed E-state index contributed by atoms with van der Waals surface area (Å²) in [5.74, 6) is -1.57. The van der Waals surface area contributed by atoms with Crippen LogP contribution in [0.4, 0.5) is 9.18 Å². The van der Waals surface area contributed by atoms with Crippen LogP contribution in [0, 0.1) is 19.7 Å². The number of carbonyl (C=O) groups excluding carboxylic acids is 3. The molecule has 44 heavy (non-hydrogen) atoms. The third-order valence-electron chi connectivity index (χ3n) is 8.01. The van der Waals surface area contributed by atoms with Crippen molar-refractivity contribution < 1.29 is 38.1 Å². The number of aromatic nitrogens is 2. The van der Waals surface area contributed by atoms with Crippen molar-refractivity contribution in [3.63, 3.8) is 0 Å². The average molecular weight is 610 g/mol. The summed E-state index contributed by atoms with van der Waals surface area (Å²) in [6.45, 7) is 3.98. The number of hydrogen-bond acceptors (Lipinski definition) is 8. The van der Waals surface area contributed by atoms with Gasteiger partial charge in [0.25, 0.3) is 5.56 Å². The van der Waals surface area contributed by atoms with Crippen LogP contribution in [-0.2, 0) is 43.4 Å². The van der Waals surface area contributed by atoms with E-state index in [4.69, 9.17) is 14.8 Å². The minimum absolute atomic E-state index is 0.126. The van der Waals surface area contributed by atoms with E-state index in [2.05, 4.69) is 20.7 Å². The fourth-order valence-electron chi connectivity index (χ4n) is 5.80. The van der Waals surface area contributed by atoms with Gasteiger partial charge in [-0.3, -0.25) is 19.2 Å². The maximum atomic E-state index is 15.0. The molecular formula is C30H32FN5O8. The van der Waals surface area contributed by atoms with Crippen LogP contribution in [0.3, 0.4) is 0 Å². The quantitative estimate of drug-likeness (QED) is 0.119. The Labute approximate surface area is 250 Å². The second-order valence-electron chi connectivity index (χ2n) is 10.7. The highest BCUT2D eigenvalue weighted by Gasteiger charge is 2.34. The van der Waals surface area contributed by atoms with Crippen molar-refractivity contribution in [2.45, 2.75) is 59.2 Å². The molecule has 232 valence electrons. The number of carboxylic acid groups (broad SMARTS) is 1. The van der Waals surface area contributed by atoms with Gasteiger partial charge in [-0.1, -0.05) is 6.92 Å². The molecule has 1 aliphatic carbocycles. The number of halogens is 1. The lowest BCUT2D eigenvalue weighted by Gasteiger charge is -2.29. The van der Waals surface area contributed by atoms with Crippen molar-refractivity contribution in [2.75, 3.05) is 19.9 Å². The molecule has 0 radical (unpaired) electrons. The Morgan fingerprint density at radius 1 is 1.11 bits per heavy atom. The lowest BCUT2D eigenvalue weighted by molar-refractivity contribution is -0.130. The monoisotopic (exact) mass is 609 g/mol. The number of fused-ring (bicyclic) bond motifs is 4. The fraction of sp³-hybridized carbons (Fsp3) is 0.400. The van der Waals surface area contributed by atoms with Gasteiger partial charge >= 0.3 is 6.16 Å². The highest BCUT2D eigenvalue weighted by Crippen LogP contribution is 2.44. The number of aryl methyl sites for hydroxylation is 2. The number of ether oxygens (including phenoxy) is 2. The molecule has 2 aliphatic rings. The Kier molecular flexibility index (Phi) is 8.63. The van der Waals surface area contributed by atoms with Crippen LogP contribution in [0.5, 0.6) is 0 Å². The standard InChI is InChI=1S/C30H32FN5O8/c1-4-23(37)32-9-24(38)33-13-43-12-25(39)34-20-6-5-16-15(3)19(31)8-21-26(16)27(20)17-10-36-22(28(17)35-21)7-14(2)18(29(36)40)11-44-30(41)42/h7-8,20H,4-6,9-13H2,1-3H3,(H,32,37)(H,33,38)(H,34,39)(H,41,42)/t20-/m0/s1. The molecule has 3 amide bonds. The van der Waals surface area contributed by atoms with E-state index in [9.17, 15) is 28.4 Å². The maximum Gasteiger partial charge on any atom is 0.506 e. The number of carbonyl (C=O) groups is 4. The number of hydrogen-bond donors (Lipinski definition) is 4. The van der Waals surface area contributed by atoms with E-state index in [0.29, 0.717) is 46.4 Å². The van der Waals surface area contributed by atoms with E-state index in [1.54, 1.807) is 26.8 Å². The zero-order valence-electron chi connectivity index (χ0n) is 24.5. The molecule has 0 saturated carbocycles. The van der Waals surface area contributed by atoms with E-state index in [0.717, 1.165) is 16.5 Å². The zero-order chi connectivity index (χ0) is 31.7. The second kappa shape index (κ2) is 12.4. The van der Waals surface area contributed by atoms with Crippen molar-refractivity contribution in [2.24, 2.45) is 0 Å². The molecule has 1 aromatic carbocycles. The van der Waals surface area contributed by atoms with Crippen LogP contribution >= 0.6 is 0 Å². The highest BCUT2D eigenvalue weighted by atomic mass is 19.1. The van der Waals surface area contributed by atoms with Gasteiger partial charge in [0.15, 0.2) is 0 Å². The SMILES string of the molecule is CCC(=O)NCC(=O)NCOCC(=O)N[C@H]1CCc2c(C)c(F)cc3nc4c(c1c23)Cn1c-4cc(C)c(COC(=O)O)c1=O. The van der Waals surface area contributed by atoms with Gasteiger partial charge in [0.2, 0.25) is 17.7 Å².